The first-order valence-electron chi connectivity index (χ1n) is 6.71. The van der Waals surface area contributed by atoms with Crippen molar-refractivity contribution in [3.05, 3.63) is 33.1 Å². The lowest BCUT2D eigenvalue weighted by Gasteiger charge is -2.28. The number of hydrogen-bond donors (Lipinski definition) is 5. The molecule has 1 fully saturated rings. The molecule has 1 aromatic rings. The Kier molecular flexibility index (Phi) is 5.74. The Balaban J connectivity index is 2.19. The molecule has 1 aromatic heterocycles. The Labute approximate surface area is 140 Å². The SMILES string of the molecule is CC1(N)C(O)C(COP(=O)(O)O[P+](=O)O)OC1n1ccc(=O)[nH]c1=O. The van der Waals surface area contributed by atoms with Crippen LogP contribution in [0.4, 0.5) is 0 Å². The largest absolute Gasteiger partial charge is 0.705 e. The summed E-state index contributed by atoms with van der Waals surface area (Å²) in [5.74, 6) is 0. The predicted molar refractivity (Wildman–Crippen MR) is 80.5 cm³/mol. The van der Waals surface area contributed by atoms with Crippen LogP contribution in [0.15, 0.2) is 21.9 Å². The van der Waals surface area contributed by atoms with Crippen LogP contribution in [0.2, 0.25) is 0 Å². The average Bonchev–Trinajstić information content (AvgIpc) is 2.67. The van der Waals surface area contributed by atoms with Crippen LogP contribution in [0, 0.1) is 0 Å². The van der Waals surface area contributed by atoms with Gasteiger partial charge in [-0.05, 0) is 11.2 Å². The molecule has 1 aliphatic rings. The number of aliphatic hydroxyl groups excluding tert-OH is 1. The normalized spacial score (nSPS) is 32.4. The second-order valence-corrected chi connectivity index (χ2v) is 7.76. The standard InChI is InChI=1S/C10H15N3O10P2/c1-10(11)7(15)5(4-21-25(19,20)23-24(17)18)22-8(10)13-3-2-6(14)12-9(13)16/h2-3,5,7-8,15H,4,11H2,1H3,(H2-,12,14,16,17,18,19,20)/p+1. The van der Waals surface area contributed by atoms with E-state index in [1.54, 1.807) is 0 Å². The number of phosphoric ester groups is 1. The number of rotatable bonds is 6. The molecule has 1 aliphatic heterocycles. The molecule has 140 valence electrons. The zero-order valence-corrected chi connectivity index (χ0v) is 14.5. The maximum atomic E-state index is 11.9. The fraction of sp³-hybridized carbons (Fsp3) is 0.600. The predicted octanol–water partition coefficient (Wildman–Crippen LogP) is -1.70. The lowest BCUT2D eigenvalue weighted by Crippen LogP contribution is -2.53. The Morgan fingerprint density at radius 3 is 2.76 bits per heavy atom. The van der Waals surface area contributed by atoms with Crippen molar-refractivity contribution >= 4 is 16.1 Å². The van der Waals surface area contributed by atoms with Gasteiger partial charge in [-0.2, -0.15) is 0 Å². The van der Waals surface area contributed by atoms with E-state index < -0.39 is 57.9 Å². The molecule has 25 heavy (non-hydrogen) atoms. The van der Waals surface area contributed by atoms with Crippen molar-refractivity contribution in [3.63, 3.8) is 0 Å². The topological polar surface area (TPSA) is 203 Å². The molecule has 0 saturated carbocycles. The third-order valence-corrected chi connectivity index (χ3v) is 5.36. The van der Waals surface area contributed by atoms with Gasteiger partial charge in [-0.1, -0.05) is 0 Å². The molecular weight excluding hydrogens is 384 g/mol. The second kappa shape index (κ2) is 7.16. The third-order valence-electron chi connectivity index (χ3n) is 3.50. The fourth-order valence-corrected chi connectivity index (χ4v) is 3.55. The lowest BCUT2D eigenvalue weighted by atomic mass is 9.93. The summed E-state index contributed by atoms with van der Waals surface area (Å²) >= 11 is 0. The van der Waals surface area contributed by atoms with Crippen molar-refractivity contribution in [1.29, 1.82) is 0 Å². The van der Waals surface area contributed by atoms with Gasteiger partial charge in [0.1, 0.15) is 12.2 Å². The number of aliphatic hydroxyl groups is 1. The highest BCUT2D eigenvalue weighted by Gasteiger charge is 2.52. The molecule has 2 heterocycles. The second-order valence-electron chi connectivity index (χ2n) is 5.44. The Morgan fingerprint density at radius 1 is 1.56 bits per heavy atom. The fourth-order valence-electron chi connectivity index (χ4n) is 2.32. The molecule has 0 spiro atoms. The molecular formula is C10H16N3O10P2+. The van der Waals surface area contributed by atoms with Crippen molar-refractivity contribution in [1.82, 2.24) is 9.55 Å². The number of aromatic amines is 1. The Hall–Kier alpha value is -1.27. The Morgan fingerprint density at radius 2 is 2.20 bits per heavy atom. The van der Waals surface area contributed by atoms with E-state index in [-0.39, 0.29) is 0 Å². The van der Waals surface area contributed by atoms with Gasteiger partial charge in [-0.15, -0.1) is 4.89 Å². The molecule has 1 saturated heterocycles. The highest BCUT2D eigenvalue weighted by Crippen LogP contribution is 2.51. The minimum Gasteiger partial charge on any atom is -0.388 e. The number of phosphoric acid groups is 1. The van der Waals surface area contributed by atoms with E-state index in [4.69, 9.17) is 15.4 Å². The molecule has 0 aliphatic carbocycles. The van der Waals surface area contributed by atoms with E-state index in [9.17, 15) is 28.7 Å². The molecule has 13 nitrogen and oxygen atoms in total. The van der Waals surface area contributed by atoms with Gasteiger partial charge in [-0.25, -0.2) is 9.36 Å². The molecule has 6 atom stereocenters. The van der Waals surface area contributed by atoms with E-state index >= 15 is 0 Å². The maximum absolute atomic E-state index is 11.9. The molecule has 15 heteroatoms. The van der Waals surface area contributed by atoms with Crippen molar-refractivity contribution in [2.24, 2.45) is 5.73 Å². The molecule has 0 aromatic carbocycles. The number of H-pyrrole nitrogens is 1. The molecule has 0 radical (unpaired) electrons. The zero-order valence-electron chi connectivity index (χ0n) is 12.7. The monoisotopic (exact) mass is 400 g/mol. The average molecular weight is 400 g/mol. The summed E-state index contributed by atoms with van der Waals surface area (Å²) in [7, 11) is -8.25. The first-order chi connectivity index (χ1) is 11.4. The molecule has 6 N–H and O–H groups in total. The number of aromatic nitrogens is 2. The van der Waals surface area contributed by atoms with Crippen LogP contribution in [-0.2, 0) is 22.7 Å². The van der Waals surface area contributed by atoms with Gasteiger partial charge < -0.3 is 15.6 Å². The number of hydrogen-bond acceptors (Lipinski definition) is 9. The van der Waals surface area contributed by atoms with Crippen molar-refractivity contribution < 1.29 is 37.6 Å². The van der Waals surface area contributed by atoms with Crippen LogP contribution in [0.3, 0.4) is 0 Å². The summed E-state index contributed by atoms with van der Waals surface area (Å²) in [5.41, 5.74) is 2.97. The molecule has 0 amide bonds. The quantitative estimate of drug-likeness (QED) is 0.340. The lowest BCUT2D eigenvalue weighted by molar-refractivity contribution is -0.0475. The molecule has 2 rings (SSSR count). The highest BCUT2D eigenvalue weighted by atomic mass is 31.2. The maximum Gasteiger partial charge on any atom is 0.705 e. The van der Waals surface area contributed by atoms with Gasteiger partial charge in [0, 0.05) is 16.8 Å². The number of nitrogens with zero attached hydrogens (tertiary/aromatic N) is 1. The highest BCUT2D eigenvalue weighted by molar-refractivity contribution is 7.55. The third kappa shape index (κ3) is 4.47. The summed E-state index contributed by atoms with van der Waals surface area (Å²) in [4.78, 5) is 42.7. The minimum absolute atomic E-state index is 0.644. The summed E-state index contributed by atoms with van der Waals surface area (Å²) < 4.78 is 36.5. The van der Waals surface area contributed by atoms with E-state index in [0.717, 1.165) is 16.8 Å². The van der Waals surface area contributed by atoms with Crippen LogP contribution in [-0.4, -0.2) is 48.8 Å². The van der Waals surface area contributed by atoms with Crippen LogP contribution in [0.1, 0.15) is 13.2 Å². The van der Waals surface area contributed by atoms with E-state index in [0.29, 0.717) is 0 Å². The van der Waals surface area contributed by atoms with Crippen molar-refractivity contribution in [2.75, 3.05) is 6.61 Å². The van der Waals surface area contributed by atoms with Gasteiger partial charge in [0.05, 0.1) is 12.1 Å². The molecule has 6 unspecified atom stereocenters. The smallest absolute Gasteiger partial charge is 0.388 e. The zero-order chi connectivity index (χ0) is 19.0. The van der Waals surface area contributed by atoms with Crippen LogP contribution >= 0.6 is 16.1 Å². The summed E-state index contributed by atoms with van der Waals surface area (Å²) in [6, 6.07) is 1.05. The summed E-state index contributed by atoms with van der Waals surface area (Å²) in [6.45, 7) is 0.638. The van der Waals surface area contributed by atoms with E-state index in [2.05, 4.69) is 8.83 Å². The summed E-state index contributed by atoms with van der Waals surface area (Å²) in [6.07, 6.45) is -2.82. The van der Waals surface area contributed by atoms with Crippen LogP contribution in [0.5, 0.6) is 0 Å². The van der Waals surface area contributed by atoms with Gasteiger partial charge >= 0.3 is 21.8 Å². The van der Waals surface area contributed by atoms with E-state index in [1.165, 1.54) is 6.92 Å². The minimum atomic E-state index is -4.86. The van der Waals surface area contributed by atoms with Gasteiger partial charge in [0.15, 0.2) is 6.23 Å². The number of ether oxygens (including phenoxy) is 1. The van der Waals surface area contributed by atoms with Gasteiger partial charge in [-0.3, -0.25) is 23.8 Å². The first-order valence-corrected chi connectivity index (χ1v) is 9.33. The summed E-state index contributed by atoms with van der Waals surface area (Å²) in [5, 5.41) is 10.2. The Bertz CT molecular complexity index is 820. The van der Waals surface area contributed by atoms with Crippen LogP contribution in [0.25, 0.3) is 0 Å². The number of nitrogens with two attached hydrogens (primary N) is 1. The van der Waals surface area contributed by atoms with Crippen molar-refractivity contribution in [2.45, 2.75) is 30.9 Å². The molecule has 0 bridgehead atoms. The van der Waals surface area contributed by atoms with Gasteiger partial charge in [0.25, 0.3) is 5.56 Å². The number of nitrogens with one attached hydrogen (secondary N) is 1. The van der Waals surface area contributed by atoms with E-state index in [1.807, 2.05) is 4.98 Å². The first kappa shape index (κ1) is 20.0. The van der Waals surface area contributed by atoms with Crippen LogP contribution < -0.4 is 17.0 Å². The van der Waals surface area contributed by atoms with Crippen molar-refractivity contribution in [3.8, 4) is 0 Å². The van der Waals surface area contributed by atoms with Gasteiger partial charge in [0.2, 0.25) is 0 Å².